The summed E-state index contributed by atoms with van der Waals surface area (Å²) in [5.41, 5.74) is 1.37. The smallest absolute Gasteiger partial charge is 0.387 e. The number of ether oxygens (including phenoxy) is 2. The number of halogens is 2. The summed E-state index contributed by atoms with van der Waals surface area (Å²) in [4.78, 5) is 8.96. The fourth-order valence-corrected chi connectivity index (χ4v) is 3.22. The van der Waals surface area contributed by atoms with Crippen LogP contribution in [0.25, 0.3) is 22.0 Å². The van der Waals surface area contributed by atoms with E-state index in [1.54, 1.807) is 24.5 Å². The van der Waals surface area contributed by atoms with Crippen LogP contribution < -0.4 is 10.1 Å². The van der Waals surface area contributed by atoms with Crippen LogP contribution in [0.15, 0.2) is 48.8 Å². The van der Waals surface area contributed by atoms with Crippen molar-refractivity contribution in [2.24, 2.45) is 0 Å². The van der Waals surface area contributed by atoms with Crippen LogP contribution in [0.3, 0.4) is 0 Å². The van der Waals surface area contributed by atoms with E-state index >= 15 is 0 Å². The summed E-state index contributed by atoms with van der Waals surface area (Å²) >= 11 is 0. The molecule has 3 aromatic rings. The van der Waals surface area contributed by atoms with Crippen LogP contribution in [-0.2, 0) is 4.74 Å². The molecular weight excluding hydrogens is 368 g/mol. The molecule has 4 rings (SSSR count). The minimum Gasteiger partial charge on any atom is -0.435 e. The molecule has 2 aromatic heterocycles. The van der Waals surface area contributed by atoms with Gasteiger partial charge < -0.3 is 19.9 Å². The molecule has 0 saturated carbocycles. The Kier molecular flexibility index (Phi) is 5.06. The Morgan fingerprint density at radius 1 is 1.21 bits per heavy atom. The lowest BCUT2D eigenvalue weighted by atomic mass is 10.0. The Bertz CT molecular complexity index is 961. The van der Waals surface area contributed by atoms with Gasteiger partial charge >= 0.3 is 6.61 Å². The molecule has 0 amide bonds. The summed E-state index contributed by atoms with van der Waals surface area (Å²) in [6.45, 7) is -1.71. The maximum Gasteiger partial charge on any atom is 0.387 e. The Morgan fingerprint density at radius 2 is 2.04 bits per heavy atom. The van der Waals surface area contributed by atoms with Crippen molar-refractivity contribution >= 4 is 16.7 Å². The number of rotatable bonds is 6. The Labute approximate surface area is 160 Å². The highest BCUT2D eigenvalue weighted by Crippen LogP contribution is 2.31. The molecule has 8 heteroatoms. The van der Waals surface area contributed by atoms with Gasteiger partial charge in [-0.2, -0.15) is 8.78 Å². The Morgan fingerprint density at radius 3 is 2.75 bits per heavy atom. The molecule has 2 N–H and O–H groups in total. The van der Waals surface area contributed by atoms with E-state index < -0.39 is 12.2 Å². The SMILES string of the molecule is OC1(CNc2ncc(-c3ccc(OC(F)F)cc3)c3ncccc23)CCOC1. The van der Waals surface area contributed by atoms with Crippen LogP contribution in [0.4, 0.5) is 14.6 Å². The lowest BCUT2D eigenvalue weighted by Crippen LogP contribution is -2.37. The number of hydrogen-bond acceptors (Lipinski definition) is 6. The number of anilines is 1. The van der Waals surface area contributed by atoms with Gasteiger partial charge in [-0.1, -0.05) is 12.1 Å². The molecule has 0 bridgehead atoms. The quantitative estimate of drug-likeness (QED) is 0.675. The van der Waals surface area contributed by atoms with Crippen LogP contribution in [-0.4, -0.2) is 47.0 Å². The van der Waals surface area contributed by atoms with E-state index in [2.05, 4.69) is 20.0 Å². The molecule has 1 aromatic carbocycles. The summed E-state index contributed by atoms with van der Waals surface area (Å²) in [6.07, 6.45) is 3.93. The molecule has 3 heterocycles. The van der Waals surface area contributed by atoms with Crippen LogP contribution >= 0.6 is 0 Å². The second-order valence-corrected chi connectivity index (χ2v) is 6.70. The topological polar surface area (TPSA) is 76.5 Å². The number of fused-ring (bicyclic) bond motifs is 1. The number of nitrogens with zero attached hydrogens (tertiary/aromatic N) is 2. The monoisotopic (exact) mass is 387 g/mol. The zero-order chi connectivity index (χ0) is 19.6. The van der Waals surface area contributed by atoms with Gasteiger partial charge in [0, 0.05) is 42.9 Å². The third kappa shape index (κ3) is 3.88. The maximum absolute atomic E-state index is 12.3. The van der Waals surface area contributed by atoms with E-state index in [-0.39, 0.29) is 5.75 Å². The summed E-state index contributed by atoms with van der Waals surface area (Å²) in [7, 11) is 0. The van der Waals surface area contributed by atoms with E-state index in [1.807, 2.05) is 12.1 Å². The first-order valence-corrected chi connectivity index (χ1v) is 8.87. The number of pyridine rings is 2. The molecule has 0 spiro atoms. The van der Waals surface area contributed by atoms with Gasteiger partial charge in [-0.3, -0.25) is 4.98 Å². The highest BCUT2D eigenvalue weighted by molar-refractivity contribution is 5.99. The third-order valence-corrected chi connectivity index (χ3v) is 4.70. The summed E-state index contributed by atoms with van der Waals surface area (Å²) in [5, 5.41) is 14.4. The van der Waals surface area contributed by atoms with Crippen LogP contribution in [0.1, 0.15) is 6.42 Å². The summed E-state index contributed by atoms with van der Waals surface area (Å²) < 4.78 is 34.3. The first-order valence-electron chi connectivity index (χ1n) is 8.87. The van der Waals surface area contributed by atoms with E-state index in [1.165, 1.54) is 12.1 Å². The second kappa shape index (κ2) is 7.65. The lowest BCUT2D eigenvalue weighted by molar-refractivity contribution is -0.0498. The predicted molar refractivity (Wildman–Crippen MR) is 100 cm³/mol. The average molecular weight is 387 g/mol. The van der Waals surface area contributed by atoms with E-state index in [9.17, 15) is 13.9 Å². The zero-order valence-corrected chi connectivity index (χ0v) is 14.9. The fraction of sp³-hybridized carbons (Fsp3) is 0.300. The van der Waals surface area contributed by atoms with Gasteiger partial charge in [0.05, 0.1) is 12.1 Å². The minimum absolute atomic E-state index is 0.0919. The maximum atomic E-state index is 12.3. The Hall–Kier alpha value is -2.84. The molecule has 28 heavy (non-hydrogen) atoms. The van der Waals surface area contributed by atoms with Gasteiger partial charge in [-0.15, -0.1) is 0 Å². The first kappa shape index (κ1) is 18.5. The molecule has 146 valence electrons. The van der Waals surface area contributed by atoms with Gasteiger partial charge in [0.2, 0.25) is 0 Å². The number of aromatic nitrogens is 2. The van der Waals surface area contributed by atoms with Crippen molar-refractivity contribution in [3.8, 4) is 16.9 Å². The van der Waals surface area contributed by atoms with Crippen LogP contribution in [0.2, 0.25) is 0 Å². The van der Waals surface area contributed by atoms with Gasteiger partial charge in [0.15, 0.2) is 0 Å². The molecule has 1 aliphatic heterocycles. The summed E-state index contributed by atoms with van der Waals surface area (Å²) in [5.74, 6) is 0.708. The molecular formula is C20H19F2N3O3. The van der Waals surface area contributed by atoms with Crippen molar-refractivity contribution in [2.75, 3.05) is 25.1 Å². The normalized spacial score (nSPS) is 19.3. The number of hydrogen-bond donors (Lipinski definition) is 2. The van der Waals surface area contributed by atoms with Gasteiger partial charge in [0.25, 0.3) is 0 Å². The van der Waals surface area contributed by atoms with Crippen molar-refractivity contribution < 1.29 is 23.4 Å². The minimum atomic E-state index is -2.86. The first-order chi connectivity index (χ1) is 13.5. The molecule has 0 radical (unpaired) electrons. The van der Waals surface area contributed by atoms with Gasteiger partial charge in [0.1, 0.15) is 17.2 Å². The van der Waals surface area contributed by atoms with E-state index in [0.29, 0.717) is 32.0 Å². The second-order valence-electron chi connectivity index (χ2n) is 6.70. The van der Waals surface area contributed by atoms with Crippen molar-refractivity contribution in [1.82, 2.24) is 9.97 Å². The van der Waals surface area contributed by atoms with Crippen LogP contribution in [0.5, 0.6) is 5.75 Å². The highest BCUT2D eigenvalue weighted by Gasteiger charge is 2.32. The Balaban J connectivity index is 1.64. The third-order valence-electron chi connectivity index (χ3n) is 4.70. The fourth-order valence-electron chi connectivity index (χ4n) is 3.22. The number of alkyl halides is 2. The van der Waals surface area contributed by atoms with Crippen molar-refractivity contribution in [2.45, 2.75) is 18.6 Å². The molecule has 0 aliphatic carbocycles. The van der Waals surface area contributed by atoms with Crippen molar-refractivity contribution in [3.05, 3.63) is 48.8 Å². The molecule has 1 unspecified atom stereocenters. The standard InChI is InChI=1S/C20H19F2N3O3/c21-19(22)28-14-5-3-13(4-6-14)16-10-24-18(15-2-1-8-23-17(15)16)25-11-20(26)7-9-27-12-20/h1-6,8,10,19,26H,7,9,11-12H2,(H,24,25). The average Bonchev–Trinajstić information content (AvgIpc) is 3.13. The van der Waals surface area contributed by atoms with Crippen LogP contribution in [0, 0.1) is 0 Å². The predicted octanol–water partition coefficient (Wildman–Crippen LogP) is 3.46. The largest absolute Gasteiger partial charge is 0.435 e. The molecule has 1 fully saturated rings. The number of aliphatic hydroxyl groups is 1. The number of benzene rings is 1. The van der Waals surface area contributed by atoms with Crippen molar-refractivity contribution in [1.29, 1.82) is 0 Å². The molecule has 1 atom stereocenters. The summed E-state index contributed by atoms with van der Waals surface area (Å²) in [6, 6.07) is 10.1. The molecule has 1 aliphatic rings. The highest BCUT2D eigenvalue weighted by atomic mass is 19.3. The van der Waals surface area contributed by atoms with E-state index in [4.69, 9.17) is 4.74 Å². The van der Waals surface area contributed by atoms with Gasteiger partial charge in [-0.05, 0) is 29.8 Å². The molecule has 6 nitrogen and oxygen atoms in total. The van der Waals surface area contributed by atoms with Gasteiger partial charge in [-0.25, -0.2) is 4.98 Å². The lowest BCUT2D eigenvalue weighted by Gasteiger charge is -2.21. The zero-order valence-electron chi connectivity index (χ0n) is 14.9. The van der Waals surface area contributed by atoms with Crippen molar-refractivity contribution in [3.63, 3.8) is 0 Å². The molecule has 1 saturated heterocycles. The van der Waals surface area contributed by atoms with E-state index in [0.717, 1.165) is 22.0 Å². The number of nitrogens with one attached hydrogen (secondary N) is 1.